The first-order valence-corrected chi connectivity index (χ1v) is 6.95. The predicted molar refractivity (Wildman–Crippen MR) is 73.3 cm³/mol. The number of carbonyl (C=O) groups is 1. The highest BCUT2D eigenvalue weighted by Crippen LogP contribution is 2.25. The third-order valence-corrected chi connectivity index (χ3v) is 4.26. The first-order chi connectivity index (χ1) is 8.13. The van der Waals surface area contributed by atoms with E-state index in [0.29, 0.717) is 19.7 Å². The number of hydrogen-bond acceptors (Lipinski definition) is 4. The molecule has 1 amide bonds. The molecule has 0 spiro atoms. The molecular formula is C11H17BrN2O2S. The van der Waals surface area contributed by atoms with Gasteiger partial charge in [-0.05, 0) is 28.9 Å². The molecular weight excluding hydrogens is 304 g/mol. The standard InChI is InChI=1S/C11H17BrN2O2S/c1-8-10(12)5-9(17-8)6-13-7-11(15)14-3-4-16-2/h5,13H,3-4,6-7H2,1-2H3,(H,14,15). The Morgan fingerprint density at radius 2 is 2.35 bits per heavy atom. The van der Waals surface area contributed by atoms with Crippen LogP contribution in [-0.2, 0) is 16.1 Å². The number of methoxy groups -OCH3 is 1. The van der Waals surface area contributed by atoms with Gasteiger partial charge in [0, 0.05) is 34.4 Å². The molecule has 0 radical (unpaired) electrons. The molecule has 0 saturated heterocycles. The van der Waals surface area contributed by atoms with Crippen molar-refractivity contribution in [2.24, 2.45) is 0 Å². The Labute approximate surface area is 114 Å². The van der Waals surface area contributed by atoms with Gasteiger partial charge < -0.3 is 15.4 Å². The van der Waals surface area contributed by atoms with E-state index in [2.05, 4.69) is 39.6 Å². The predicted octanol–water partition coefficient (Wildman–Crippen LogP) is 1.67. The van der Waals surface area contributed by atoms with Crippen molar-refractivity contribution in [3.05, 3.63) is 20.3 Å². The number of thiophene rings is 1. The third-order valence-electron chi connectivity index (χ3n) is 2.12. The number of halogens is 1. The summed E-state index contributed by atoms with van der Waals surface area (Å²) < 4.78 is 5.97. The summed E-state index contributed by atoms with van der Waals surface area (Å²) in [4.78, 5) is 13.8. The van der Waals surface area contributed by atoms with Crippen LogP contribution in [0, 0.1) is 6.92 Å². The second-order valence-electron chi connectivity index (χ2n) is 3.56. The molecule has 2 N–H and O–H groups in total. The van der Waals surface area contributed by atoms with Gasteiger partial charge in [-0.3, -0.25) is 4.79 Å². The summed E-state index contributed by atoms with van der Waals surface area (Å²) in [5.41, 5.74) is 0. The second-order valence-corrected chi connectivity index (χ2v) is 5.76. The Morgan fingerprint density at radius 1 is 1.59 bits per heavy atom. The summed E-state index contributed by atoms with van der Waals surface area (Å²) in [5, 5.41) is 5.86. The first kappa shape index (κ1) is 14.6. The zero-order valence-electron chi connectivity index (χ0n) is 10.0. The maximum Gasteiger partial charge on any atom is 0.234 e. The van der Waals surface area contributed by atoms with Gasteiger partial charge in [0.1, 0.15) is 0 Å². The molecule has 1 aromatic heterocycles. The fraction of sp³-hybridized carbons (Fsp3) is 0.545. The fourth-order valence-corrected chi connectivity index (χ4v) is 2.83. The van der Waals surface area contributed by atoms with E-state index in [1.165, 1.54) is 9.75 Å². The van der Waals surface area contributed by atoms with Crippen molar-refractivity contribution < 1.29 is 9.53 Å². The minimum Gasteiger partial charge on any atom is -0.383 e. The van der Waals surface area contributed by atoms with Crippen LogP contribution < -0.4 is 10.6 Å². The number of amides is 1. The maximum atomic E-state index is 11.3. The zero-order valence-corrected chi connectivity index (χ0v) is 12.4. The van der Waals surface area contributed by atoms with Crippen molar-refractivity contribution in [2.75, 3.05) is 26.8 Å². The van der Waals surface area contributed by atoms with Crippen LogP contribution in [0.15, 0.2) is 10.5 Å². The molecule has 0 saturated carbocycles. The average molecular weight is 321 g/mol. The van der Waals surface area contributed by atoms with Crippen molar-refractivity contribution in [1.29, 1.82) is 0 Å². The third kappa shape index (κ3) is 5.63. The molecule has 17 heavy (non-hydrogen) atoms. The van der Waals surface area contributed by atoms with Gasteiger partial charge >= 0.3 is 0 Å². The summed E-state index contributed by atoms with van der Waals surface area (Å²) >= 11 is 5.19. The smallest absolute Gasteiger partial charge is 0.234 e. The summed E-state index contributed by atoms with van der Waals surface area (Å²) in [5.74, 6) is -0.00519. The van der Waals surface area contributed by atoms with Crippen molar-refractivity contribution in [3.63, 3.8) is 0 Å². The second kappa shape index (κ2) is 7.81. The Morgan fingerprint density at radius 3 is 2.94 bits per heavy atom. The maximum absolute atomic E-state index is 11.3. The Hall–Kier alpha value is -0.430. The van der Waals surface area contributed by atoms with E-state index in [4.69, 9.17) is 4.74 Å². The van der Waals surface area contributed by atoms with Crippen LogP contribution in [0.3, 0.4) is 0 Å². The van der Waals surface area contributed by atoms with Crippen molar-refractivity contribution in [1.82, 2.24) is 10.6 Å². The number of rotatable bonds is 7. The largest absolute Gasteiger partial charge is 0.383 e. The van der Waals surface area contributed by atoms with Crippen LogP contribution in [0.25, 0.3) is 0 Å². The quantitative estimate of drug-likeness (QED) is 0.751. The fourth-order valence-electron chi connectivity index (χ4n) is 1.26. The molecule has 96 valence electrons. The zero-order chi connectivity index (χ0) is 12.7. The summed E-state index contributed by atoms with van der Waals surface area (Å²) in [6.07, 6.45) is 0. The van der Waals surface area contributed by atoms with Gasteiger partial charge in [0.05, 0.1) is 13.2 Å². The van der Waals surface area contributed by atoms with Crippen LogP contribution >= 0.6 is 27.3 Å². The molecule has 0 aliphatic heterocycles. The normalized spacial score (nSPS) is 10.5. The molecule has 0 bridgehead atoms. The number of nitrogens with one attached hydrogen (secondary N) is 2. The summed E-state index contributed by atoms with van der Waals surface area (Å²) in [7, 11) is 1.61. The van der Waals surface area contributed by atoms with Gasteiger partial charge in [-0.1, -0.05) is 0 Å². The molecule has 1 heterocycles. The molecule has 0 unspecified atom stereocenters. The number of ether oxygens (including phenoxy) is 1. The molecule has 0 fully saturated rings. The van der Waals surface area contributed by atoms with Crippen molar-refractivity contribution in [2.45, 2.75) is 13.5 Å². The van der Waals surface area contributed by atoms with E-state index in [0.717, 1.165) is 11.0 Å². The minimum absolute atomic E-state index is 0.00519. The van der Waals surface area contributed by atoms with Crippen LogP contribution in [0.2, 0.25) is 0 Å². The Bertz CT molecular complexity index is 349. The van der Waals surface area contributed by atoms with E-state index in [1.54, 1.807) is 18.4 Å². The average Bonchev–Trinajstić information content (AvgIpc) is 2.59. The van der Waals surface area contributed by atoms with Gasteiger partial charge in [0.2, 0.25) is 5.91 Å². The summed E-state index contributed by atoms with van der Waals surface area (Å²) in [6.45, 7) is 4.21. The highest BCUT2D eigenvalue weighted by atomic mass is 79.9. The topological polar surface area (TPSA) is 50.4 Å². The minimum atomic E-state index is -0.00519. The van der Waals surface area contributed by atoms with E-state index in [9.17, 15) is 4.79 Å². The van der Waals surface area contributed by atoms with E-state index >= 15 is 0 Å². The van der Waals surface area contributed by atoms with Crippen LogP contribution in [0.4, 0.5) is 0 Å². The van der Waals surface area contributed by atoms with E-state index < -0.39 is 0 Å². The lowest BCUT2D eigenvalue weighted by Crippen LogP contribution is -2.35. The Kier molecular flexibility index (Phi) is 6.72. The molecule has 0 aliphatic rings. The van der Waals surface area contributed by atoms with E-state index in [-0.39, 0.29) is 5.91 Å². The van der Waals surface area contributed by atoms with Crippen molar-refractivity contribution >= 4 is 33.2 Å². The molecule has 1 rings (SSSR count). The first-order valence-electron chi connectivity index (χ1n) is 5.34. The monoisotopic (exact) mass is 320 g/mol. The van der Waals surface area contributed by atoms with Crippen molar-refractivity contribution in [3.8, 4) is 0 Å². The molecule has 4 nitrogen and oxygen atoms in total. The van der Waals surface area contributed by atoms with Gasteiger partial charge in [-0.2, -0.15) is 0 Å². The highest BCUT2D eigenvalue weighted by molar-refractivity contribution is 9.10. The summed E-state index contributed by atoms with van der Waals surface area (Å²) in [6, 6.07) is 2.08. The molecule has 6 heteroatoms. The highest BCUT2D eigenvalue weighted by Gasteiger charge is 2.04. The molecule has 0 atom stereocenters. The lowest BCUT2D eigenvalue weighted by Gasteiger charge is -2.05. The van der Waals surface area contributed by atoms with Gasteiger partial charge in [0.25, 0.3) is 0 Å². The van der Waals surface area contributed by atoms with Gasteiger partial charge in [-0.15, -0.1) is 11.3 Å². The van der Waals surface area contributed by atoms with Crippen LogP contribution in [0.1, 0.15) is 9.75 Å². The Balaban J connectivity index is 2.17. The van der Waals surface area contributed by atoms with Gasteiger partial charge in [-0.25, -0.2) is 0 Å². The number of carbonyl (C=O) groups excluding carboxylic acids is 1. The van der Waals surface area contributed by atoms with Crippen LogP contribution in [-0.4, -0.2) is 32.7 Å². The SMILES string of the molecule is COCCNC(=O)CNCc1cc(Br)c(C)s1. The van der Waals surface area contributed by atoms with E-state index in [1.807, 2.05) is 0 Å². The lowest BCUT2D eigenvalue weighted by atomic mass is 10.4. The number of aryl methyl sites for hydroxylation is 1. The van der Waals surface area contributed by atoms with Gasteiger partial charge in [0.15, 0.2) is 0 Å². The van der Waals surface area contributed by atoms with Crippen LogP contribution in [0.5, 0.6) is 0 Å². The molecule has 1 aromatic rings. The number of hydrogen-bond donors (Lipinski definition) is 2. The molecule has 0 aromatic carbocycles. The lowest BCUT2D eigenvalue weighted by molar-refractivity contribution is -0.120. The molecule has 0 aliphatic carbocycles.